The van der Waals surface area contributed by atoms with Gasteiger partial charge in [-0.2, -0.15) is 21.6 Å². The highest BCUT2D eigenvalue weighted by molar-refractivity contribution is 7.87. The summed E-state index contributed by atoms with van der Waals surface area (Å²) in [6.45, 7) is 2.79. The molecule has 0 aliphatic heterocycles. The molecule has 7 nitrogen and oxygen atoms in total. The van der Waals surface area contributed by atoms with Gasteiger partial charge in [-0.15, -0.1) is 0 Å². The molecule has 0 amide bonds. The van der Waals surface area contributed by atoms with Crippen molar-refractivity contribution in [3.05, 3.63) is 12.1 Å². The van der Waals surface area contributed by atoms with Gasteiger partial charge in [0.15, 0.2) is 17.3 Å². The maximum absolute atomic E-state index is 12.1. The molecule has 12 heteroatoms. The Bertz CT molecular complexity index is 682. The Labute approximate surface area is 117 Å². The third-order valence-corrected chi connectivity index (χ3v) is 3.19. The molecule has 0 saturated heterocycles. The number of alkyl halides is 3. The Morgan fingerprint density at radius 1 is 1.05 bits per heavy atom. The zero-order chi connectivity index (χ0) is 16.7. The van der Waals surface area contributed by atoms with Gasteiger partial charge in [0, 0.05) is 0 Å². The number of hydrogen-bond acceptors (Lipinski definition) is 7. The number of hydrogen-bond donors (Lipinski definition) is 4. The van der Waals surface area contributed by atoms with Crippen LogP contribution < -0.4 is 5.46 Å². The highest BCUT2D eigenvalue weighted by atomic mass is 32.2. The smallest absolute Gasteiger partial charge is 0.508 e. The summed E-state index contributed by atoms with van der Waals surface area (Å²) in [4.78, 5) is 0. The maximum atomic E-state index is 12.1. The predicted molar refractivity (Wildman–Crippen MR) is 63.6 cm³/mol. The molecule has 4 N–H and O–H groups in total. The summed E-state index contributed by atoms with van der Waals surface area (Å²) in [5.41, 5.74) is -7.85. The van der Waals surface area contributed by atoms with Crippen LogP contribution in [0.2, 0.25) is 0 Å². The molecule has 0 fully saturated rings. The summed E-state index contributed by atoms with van der Waals surface area (Å²) < 4.78 is 61.6. The molecule has 0 unspecified atom stereocenters. The van der Waals surface area contributed by atoms with Gasteiger partial charge in [-0.1, -0.05) is 6.58 Å². The van der Waals surface area contributed by atoms with E-state index in [0.717, 1.165) is 0 Å². The average Bonchev–Trinajstić information content (AvgIpc) is 2.32. The van der Waals surface area contributed by atoms with E-state index in [1.54, 1.807) is 0 Å². The van der Waals surface area contributed by atoms with Crippen LogP contribution in [0.3, 0.4) is 0 Å². The van der Waals surface area contributed by atoms with Crippen molar-refractivity contribution in [1.29, 1.82) is 0 Å². The van der Waals surface area contributed by atoms with E-state index in [9.17, 15) is 42.0 Å². The van der Waals surface area contributed by atoms with Crippen LogP contribution in [0, 0.1) is 0 Å². The fourth-order valence-corrected chi connectivity index (χ4v) is 1.65. The summed E-state index contributed by atoms with van der Waals surface area (Å²) in [7, 11) is -1.02. The standard InChI is InChI=1S/C9H6BF3O7S/c1-2(20-21(18,19)9(11,12)13)3-5(14)4(10)7(16)8(17)6(3)15/h14-17H,1H2. The molecular weight excluding hydrogens is 320 g/mol. The molecular formula is C9H6BF3O7S. The van der Waals surface area contributed by atoms with E-state index in [2.05, 4.69) is 10.8 Å². The minimum absolute atomic E-state index is 0.936. The maximum Gasteiger partial charge on any atom is 0.534 e. The normalized spacial score (nSPS) is 12.1. The third-order valence-electron chi connectivity index (χ3n) is 2.21. The lowest BCUT2D eigenvalue weighted by atomic mass is 9.90. The molecule has 1 rings (SSSR count). The van der Waals surface area contributed by atoms with Gasteiger partial charge in [-0.3, -0.25) is 0 Å². The Morgan fingerprint density at radius 3 is 1.95 bits per heavy atom. The van der Waals surface area contributed by atoms with Crippen molar-refractivity contribution in [2.75, 3.05) is 0 Å². The number of halogens is 3. The molecule has 0 bridgehead atoms. The van der Waals surface area contributed by atoms with Crippen LogP contribution in [0.1, 0.15) is 5.56 Å². The van der Waals surface area contributed by atoms with E-state index < -0.39 is 55.4 Å². The van der Waals surface area contributed by atoms with Crippen molar-refractivity contribution in [3.8, 4) is 23.0 Å². The molecule has 0 aliphatic rings. The van der Waals surface area contributed by atoms with Gasteiger partial charge >= 0.3 is 15.6 Å². The largest absolute Gasteiger partial charge is 0.534 e. The van der Waals surface area contributed by atoms with E-state index in [4.69, 9.17) is 7.85 Å². The van der Waals surface area contributed by atoms with Gasteiger partial charge in [-0.05, 0) is 5.46 Å². The SMILES string of the molecule is [B]c1c(O)c(O)c(O)c(C(=C)OS(=O)(=O)C(F)(F)F)c1O. The second-order valence-electron chi connectivity index (χ2n) is 3.59. The summed E-state index contributed by atoms with van der Waals surface area (Å²) in [5.74, 6) is -6.45. The van der Waals surface area contributed by atoms with Crippen LogP contribution in [0.25, 0.3) is 5.76 Å². The van der Waals surface area contributed by atoms with Gasteiger partial charge in [0.1, 0.15) is 19.2 Å². The second-order valence-corrected chi connectivity index (χ2v) is 5.13. The molecule has 0 heterocycles. The van der Waals surface area contributed by atoms with Crippen LogP contribution in [-0.2, 0) is 14.3 Å². The van der Waals surface area contributed by atoms with Crippen molar-refractivity contribution in [2.45, 2.75) is 5.51 Å². The zero-order valence-electron chi connectivity index (χ0n) is 9.84. The average molecular weight is 326 g/mol. The summed E-state index contributed by atoms with van der Waals surface area (Å²) in [5, 5.41) is 37.3. The Balaban J connectivity index is 3.41. The first kappa shape index (κ1) is 16.8. The summed E-state index contributed by atoms with van der Waals surface area (Å²) >= 11 is 0. The highest BCUT2D eigenvalue weighted by Crippen LogP contribution is 2.44. The van der Waals surface area contributed by atoms with Crippen molar-refractivity contribution < 1.29 is 46.2 Å². The number of phenolic OH excluding ortho intramolecular Hbond substituents is 4. The summed E-state index contributed by atoms with van der Waals surface area (Å²) in [6, 6.07) is 0. The fraction of sp³-hybridized carbons (Fsp3) is 0.111. The number of phenols is 4. The lowest BCUT2D eigenvalue weighted by Crippen LogP contribution is -2.25. The van der Waals surface area contributed by atoms with Crippen molar-refractivity contribution in [3.63, 3.8) is 0 Å². The molecule has 0 aromatic heterocycles. The predicted octanol–water partition coefficient (Wildman–Crippen LogP) is 0.140. The van der Waals surface area contributed by atoms with Crippen molar-refractivity contribution in [2.24, 2.45) is 0 Å². The second kappa shape index (κ2) is 4.95. The molecule has 1 aromatic rings. The number of benzene rings is 1. The minimum Gasteiger partial charge on any atom is -0.508 e. The van der Waals surface area contributed by atoms with Crippen LogP contribution >= 0.6 is 0 Å². The molecule has 0 aliphatic carbocycles. The van der Waals surface area contributed by atoms with E-state index in [1.165, 1.54) is 0 Å². The molecule has 21 heavy (non-hydrogen) atoms. The van der Waals surface area contributed by atoms with E-state index in [-0.39, 0.29) is 0 Å². The van der Waals surface area contributed by atoms with Crippen LogP contribution in [0.5, 0.6) is 23.0 Å². The van der Waals surface area contributed by atoms with E-state index in [1.807, 2.05) is 0 Å². The van der Waals surface area contributed by atoms with Crippen LogP contribution in [0.4, 0.5) is 13.2 Å². The van der Waals surface area contributed by atoms with Crippen molar-refractivity contribution >= 4 is 29.2 Å². The van der Waals surface area contributed by atoms with Gasteiger partial charge in [0.25, 0.3) is 0 Å². The quantitative estimate of drug-likeness (QED) is 0.155. The van der Waals surface area contributed by atoms with Gasteiger partial charge in [0.05, 0.1) is 0 Å². The highest BCUT2D eigenvalue weighted by Gasteiger charge is 2.49. The van der Waals surface area contributed by atoms with E-state index in [0.29, 0.717) is 0 Å². The molecule has 0 saturated carbocycles. The Hall–Kier alpha value is -2.24. The molecule has 0 atom stereocenters. The monoisotopic (exact) mass is 326 g/mol. The topological polar surface area (TPSA) is 124 Å². The molecule has 2 radical (unpaired) electrons. The lowest BCUT2D eigenvalue weighted by Gasteiger charge is -2.16. The van der Waals surface area contributed by atoms with Crippen LogP contribution in [0.15, 0.2) is 6.58 Å². The first-order valence-electron chi connectivity index (χ1n) is 4.76. The fourth-order valence-electron chi connectivity index (χ4n) is 1.20. The first-order chi connectivity index (χ1) is 9.31. The van der Waals surface area contributed by atoms with E-state index >= 15 is 0 Å². The molecule has 114 valence electrons. The van der Waals surface area contributed by atoms with Crippen molar-refractivity contribution in [1.82, 2.24) is 0 Å². The van der Waals surface area contributed by atoms with Gasteiger partial charge < -0.3 is 24.6 Å². The Morgan fingerprint density at radius 2 is 1.52 bits per heavy atom. The van der Waals surface area contributed by atoms with Gasteiger partial charge in [0.2, 0.25) is 5.75 Å². The molecule has 1 aromatic carbocycles. The minimum atomic E-state index is -6.12. The summed E-state index contributed by atoms with van der Waals surface area (Å²) in [6.07, 6.45) is 0. The third kappa shape index (κ3) is 2.79. The van der Waals surface area contributed by atoms with Crippen LogP contribution in [-0.4, -0.2) is 42.2 Å². The lowest BCUT2D eigenvalue weighted by molar-refractivity contribution is -0.0509. The zero-order valence-corrected chi connectivity index (χ0v) is 10.7. The Kier molecular flexibility index (Phi) is 3.96. The first-order valence-corrected chi connectivity index (χ1v) is 6.17. The number of rotatable bonds is 3. The molecule has 0 spiro atoms. The van der Waals surface area contributed by atoms with Gasteiger partial charge in [-0.25, -0.2) is 0 Å². The number of aromatic hydroxyl groups is 4.